The third kappa shape index (κ3) is 5.34. The number of benzene rings is 1. The van der Waals surface area contributed by atoms with Crippen LogP contribution in [0, 0.1) is 11.3 Å². The molecule has 1 aromatic carbocycles. The molecule has 0 unspecified atom stereocenters. The SMILES string of the molecule is CC(C)c1cc(C#N)cc(C(C)C)c1CC(=O)N=Cc1ncc(C(C)(C)O)s1. The number of rotatable bonds is 6. The number of aliphatic imine (C=N–C) groups is 1. The molecule has 0 saturated carbocycles. The van der Waals surface area contributed by atoms with E-state index in [4.69, 9.17) is 0 Å². The summed E-state index contributed by atoms with van der Waals surface area (Å²) < 4.78 is 0. The predicted octanol–water partition coefficient (Wildman–Crippen LogP) is 4.68. The normalized spacial score (nSPS) is 12.1. The van der Waals surface area contributed by atoms with Crippen molar-refractivity contribution in [2.75, 3.05) is 0 Å². The summed E-state index contributed by atoms with van der Waals surface area (Å²) in [6, 6.07) is 5.97. The van der Waals surface area contributed by atoms with E-state index >= 15 is 0 Å². The van der Waals surface area contributed by atoms with Gasteiger partial charge in [0.1, 0.15) is 5.01 Å². The van der Waals surface area contributed by atoms with Gasteiger partial charge in [0.15, 0.2) is 0 Å². The molecular formula is C22H27N3O2S. The van der Waals surface area contributed by atoms with Gasteiger partial charge >= 0.3 is 0 Å². The fourth-order valence-electron chi connectivity index (χ4n) is 2.97. The summed E-state index contributed by atoms with van der Waals surface area (Å²) in [4.78, 5) is 21.5. The van der Waals surface area contributed by atoms with Crippen LogP contribution in [0.25, 0.3) is 0 Å². The Morgan fingerprint density at radius 3 is 2.29 bits per heavy atom. The first-order valence-corrected chi connectivity index (χ1v) is 10.2. The molecule has 1 N–H and O–H groups in total. The number of amides is 1. The molecular weight excluding hydrogens is 370 g/mol. The number of hydrogen-bond donors (Lipinski definition) is 1. The number of nitrogens with zero attached hydrogens (tertiary/aromatic N) is 3. The molecule has 2 rings (SSSR count). The van der Waals surface area contributed by atoms with Gasteiger partial charge in [0.25, 0.3) is 0 Å². The zero-order chi connectivity index (χ0) is 21.1. The lowest BCUT2D eigenvalue weighted by Crippen LogP contribution is -2.12. The molecule has 0 aliphatic carbocycles. The Bertz CT molecular complexity index is 899. The van der Waals surface area contributed by atoms with Crippen LogP contribution < -0.4 is 0 Å². The fourth-order valence-corrected chi connectivity index (χ4v) is 3.76. The van der Waals surface area contributed by atoms with Gasteiger partial charge in [-0.3, -0.25) is 4.79 Å². The van der Waals surface area contributed by atoms with Crippen molar-refractivity contribution >= 4 is 23.5 Å². The summed E-state index contributed by atoms with van der Waals surface area (Å²) >= 11 is 1.31. The average molecular weight is 398 g/mol. The summed E-state index contributed by atoms with van der Waals surface area (Å²) in [7, 11) is 0. The van der Waals surface area contributed by atoms with Gasteiger partial charge in [-0.15, -0.1) is 11.3 Å². The van der Waals surface area contributed by atoms with Crippen LogP contribution in [0.5, 0.6) is 0 Å². The molecule has 2 aromatic rings. The number of nitriles is 1. The second kappa shape index (κ2) is 8.76. The molecule has 0 spiro atoms. The second-order valence-corrected chi connectivity index (χ2v) is 9.07. The maximum absolute atomic E-state index is 12.6. The van der Waals surface area contributed by atoms with Gasteiger partial charge in [0, 0.05) is 6.20 Å². The van der Waals surface area contributed by atoms with Crippen molar-refractivity contribution in [3.8, 4) is 6.07 Å². The van der Waals surface area contributed by atoms with Gasteiger partial charge < -0.3 is 5.11 Å². The first-order valence-electron chi connectivity index (χ1n) is 9.35. The minimum Gasteiger partial charge on any atom is -0.385 e. The predicted molar refractivity (Wildman–Crippen MR) is 113 cm³/mol. The third-order valence-electron chi connectivity index (χ3n) is 4.47. The highest BCUT2D eigenvalue weighted by Crippen LogP contribution is 2.30. The summed E-state index contributed by atoms with van der Waals surface area (Å²) in [6.45, 7) is 11.6. The number of thiazole rings is 1. The summed E-state index contributed by atoms with van der Waals surface area (Å²) in [5.41, 5.74) is 2.65. The summed E-state index contributed by atoms with van der Waals surface area (Å²) in [6.07, 6.45) is 3.24. The topological polar surface area (TPSA) is 86.3 Å². The quantitative estimate of drug-likeness (QED) is 0.717. The van der Waals surface area contributed by atoms with Crippen LogP contribution in [0.15, 0.2) is 23.3 Å². The van der Waals surface area contributed by atoms with E-state index in [9.17, 15) is 15.2 Å². The molecule has 0 atom stereocenters. The van der Waals surface area contributed by atoms with Crippen molar-refractivity contribution in [3.05, 3.63) is 50.5 Å². The van der Waals surface area contributed by atoms with Gasteiger partial charge in [-0.1, -0.05) is 27.7 Å². The average Bonchev–Trinajstić information content (AvgIpc) is 3.09. The Balaban J connectivity index is 2.30. The van der Waals surface area contributed by atoms with Crippen molar-refractivity contribution < 1.29 is 9.90 Å². The first-order chi connectivity index (χ1) is 13.0. The van der Waals surface area contributed by atoms with E-state index in [1.165, 1.54) is 17.6 Å². The van der Waals surface area contributed by atoms with Crippen LogP contribution >= 0.6 is 11.3 Å². The molecule has 1 amide bonds. The zero-order valence-corrected chi connectivity index (χ0v) is 18.1. The van der Waals surface area contributed by atoms with E-state index in [1.54, 1.807) is 20.0 Å². The van der Waals surface area contributed by atoms with Gasteiger partial charge in [0.05, 0.1) is 34.7 Å². The smallest absolute Gasteiger partial charge is 0.250 e. The Kier molecular flexibility index (Phi) is 6.87. The van der Waals surface area contributed by atoms with E-state index in [2.05, 4.69) is 43.7 Å². The number of hydrogen-bond acceptors (Lipinski definition) is 5. The highest BCUT2D eigenvalue weighted by Gasteiger charge is 2.20. The lowest BCUT2D eigenvalue weighted by atomic mass is 9.85. The molecule has 6 heteroatoms. The highest BCUT2D eigenvalue weighted by atomic mass is 32.1. The van der Waals surface area contributed by atoms with Crippen molar-refractivity contribution in [2.24, 2.45) is 4.99 Å². The van der Waals surface area contributed by atoms with Crippen LogP contribution in [-0.4, -0.2) is 22.2 Å². The monoisotopic (exact) mass is 397 g/mol. The molecule has 0 aliphatic heterocycles. The maximum Gasteiger partial charge on any atom is 0.250 e. The minimum atomic E-state index is -0.964. The van der Waals surface area contributed by atoms with Crippen molar-refractivity contribution in [3.63, 3.8) is 0 Å². The Hall–Kier alpha value is -2.36. The van der Waals surface area contributed by atoms with Crippen LogP contribution in [0.2, 0.25) is 0 Å². The van der Waals surface area contributed by atoms with Crippen molar-refractivity contribution in [2.45, 2.75) is 65.4 Å². The van der Waals surface area contributed by atoms with E-state index in [0.717, 1.165) is 21.6 Å². The third-order valence-corrected chi connectivity index (χ3v) is 5.71. The van der Waals surface area contributed by atoms with E-state index in [-0.39, 0.29) is 24.2 Å². The molecule has 0 saturated heterocycles. The van der Waals surface area contributed by atoms with Gasteiger partial charge in [-0.05, 0) is 54.5 Å². The summed E-state index contributed by atoms with van der Waals surface area (Å²) in [5.74, 6) is 0.144. The Morgan fingerprint density at radius 2 is 1.86 bits per heavy atom. The largest absolute Gasteiger partial charge is 0.385 e. The van der Waals surface area contributed by atoms with Crippen LogP contribution in [0.1, 0.15) is 85.5 Å². The minimum absolute atomic E-state index is 0.187. The molecule has 0 fully saturated rings. The number of carbonyl (C=O) groups is 1. The van der Waals surface area contributed by atoms with Crippen LogP contribution in [0.4, 0.5) is 0 Å². The Morgan fingerprint density at radius 1 is 1.29 bits per heavy atom. The zero-order valence-electron chi connectivity index (χ0n) is 17.3. The molecule has 0 bridgehead atoms. The fraction of sp³-hybridized carbons (Fsp3) is 0.455. The maximum atomic E-state index is 12.6. The lowest BCUT2D eigenvalue weighted by Gasteiger charge is -2.19. The molecule has 1 aromatic heterocycles. The van der Waals surface area contributed by atoms with Crippen LogP contribution in [0.3, 0.4) is 0 Å². The number of carbonyl (C=O) groups excluding carboxylic acids is 1. The molecule has 1 heterocycles. The van der Waals surface area contributed by atoms with E-state index < -0.39 is 5.60 Å². The first kappa shape index (κ1) is 21.9. The van der Waals surface area contributed by atoms with Gasteiger partial charge in [-0.2, -0.15) is 5.26 Å². The second-order valence-electron chi connectivity index (χ2n) is 8.00. The molecule has 28 heavy (non-hydrogen) atoms. The number of aromatic nitrogens is 1. The molecule has 0 radical (unpaired) electrons. The van der Waals surface area contributed by atoms with Gasteiger partial charge in [-0.25, -0.2) is 9.98 Å². The van der Waals surface area contributed by atoms with Gasteiger partial charge in [0.2, 0.25) is 5.91 Å². The molecule has 0 aliphatic rings. The Labute approximate surface area is 170 Å². The number of aliphatic hydroxyl groups is 1. The highest BCUT2D eigenvalue weighted by molar-refractivity contribution is 7.13. The van der Waals surface area contributed by atoms with Crippen molar-refractivity contribution in [1.29, 1.82) is 5.26 Å². The van der Waals surface area contributed by atoms with Crippen molar-refractivity contribution in [1.82, 2.24) is 4.98 Å². The standard InChI is InChI=1S/C22H27N3O2S/c1-13(2)16-7-15(10-23)8-17(14(3)4)18(16)9-20(26)24-12-21-25-11-19(28-21)22(5,6)27/h7-8,11-14,27H,9H2,1-6H3. The summed E-state index contributed by atoms with van der Waals surface area (Å²) in [5, 5.41) is 19.9. The van der Waals surface area contributed by atoms with E-state index in [1.807, 2.05) is 12.1 Å². The molecule has 5 nitrogen and oxygen atoms in total. The lowest BCUT2D eigenvalue weighted by molar-refractivity contribution is -0.117. The van der Waals surface area contributed by atoms with E-state index in [0.29, 0.717) is 10.6 Å². The van der Waals surface area contributed by atoms with Crippen LogP contribution in [-0.2, 0) is 16.8 Å². The molecule has 148 valence electrons.